The molecular formula is C75H23NO4. The quantitative estimate of drug-likeness (QED) is 0.0593. The van der Waals surface area contributed by atoms with Crippen LogP contribution >= 0.6 is 0 Å². The first-order chi connectivity index (χ1) is 39.7. The molecule has 80 heavy (non-hydrogen) atoms. The van der Waals surface area contributed by atoms with E-state index < -0.39 is 16.9 Å². The molecule has 0 bridgehead atoms. The van der Waals surface area contributed by atoms with Crippen LogP contribution in [-0.2, 0) is 25.0 Å². The van der Waals surface area contributed by atoms with Crippen LogP contribution < -0.4 is 0 Å². The highest BCUT2D eigenvalue weighted by Gasteiger charge is 2.80. The van der Waals surface area contributed by atoms with E-state index in [9.17, 15) is 0 Å². The summed E-state index contributed by atoms with van der Waals surface area (Å²) < 4.78 is 17.6. The number of rotatable bonds is 10. The molecule has 1 aliphatic heterocycles. The average Bonchev–Trinajstić information content (AvgIpc) is 1.42. The molecule has 2 spiro atoms. The maximum Gasteiger partial charge on any atom is 0.130 e. The molecule has 2 atom stereocenters. The predicted molar refractivity (Wildman–Crippen MR) is 330 cm³/mol. The van der Waals surface area contributed by atoms with Crippen LogP contribution in [0.15, 0.2) is 30.3 Å². The number of hydrogen-bond acceptors (Lipinski definition) is 4. The average molecular weight is 1000 g/mol. The lowest BCUT2D eigenvalue weighted by atomic mass is 9.47. The Balaban J connectivity index is 0.984. The van der Waals surface area contributed by atoms with Crippen molar-refractivity contribution in [3.05, 3.63) is 63.4 Å². The monoisotopic (exact) mass is 1000 g/mol. The van der Waals surface area contributed by atoms with Gasteiger partial charge in [0.1, 0.15) is 12.6 Å². The lowest BCUT2D eigenvalue weighted by Gasteiger charge is -2.51. The third-order valence-corrected chi connectivity index (χ3v) is 27.5. The fourth-order valence-electron chi connectivity index (χ4n) is 27.1. The van der Waals surface area contributed by atoms with E-state index in [2.05, 4.69) is 30.3 Å². The number of quaternary nitrogens is 1. The zero-order valence-corrected chi connectivity index (χ0v) is 42.0. The summed E-state index contributed by atoms with van der Waals surface area (Å²) in [7, 11) is 1.72. The molecule has 0 aromatic heterocycles. The molecule has 1 heterocycles. The van der Waals surface area contributed by atoms with Crippen molar-refractivity contribution in [1.82, 2.24) is 0 Å². The van der Waals surface area contributed by atoms with Crippen LogP contribution in [0.25, 0.3) is 291 Å². The van der Waals surface area contributed by atoms with Crippen LogP contribution in [0.4, 0.5) is 0 Å². The Labute approximate surface area is 440 Å². The third-order valence-electron chi connectivity index (χ3n) is 27.5. The van der Waals surface area contributed by atoms with Crippen LogP contribution in [0, 0.1) is 5.21 Å². The van der Waals surface area contributed by atoms with Gasteiger partial charge >= 0.3 is 0 Å². The number of likely N-dealkylation sites (tertiary alicyclic amines) is 1. The first kappa shape index (κ1) is 33.2. The summed E-state index contributed by atoms with van der Waals surface area (Å²) >= 11 is 0. The first-order valence-electron chi connectivity index (χ1n) is 29.8. The summed E-state index contributed by atoms with van der Waals surface area (Å²) in [5.41, 5.74) is 6.12. The highest BCUT2D eigenvalue weighted by Crippen LogP contribution is 2.87. The second kappa shape index (κ2) is 8.14. The van der Waals surface area contributed by atoms with Crippen molar-refractivity contribution >= 4 is 291 Å². The number of benzene rings is 19. The summed E-state index contributed by atoms with van der Waals surface area (Å²) in [6, 6.07) is 11.0. The number of methoxy groups -OCH3 is 1. The van der Waals surface area contributed by atoms with Gasteiger partial charge in [0.2, 0.25) is 0 Å². The normalized spacial score (nSPS) is 24.1. The molecule has 0 saturated carbocycles. The summed E-state index contributed by atoms with van der Waals surface area (Å²) in [6.07, 6.45) is 0. The molecule has 29 aromatic rings. The largest absolute Gasteiger partial charge is 0.632 e. The smallest absolute Gasteiger partial charge is 0.130 e. The zero-order chi connectivity index (χ0) is 48.7. The maximum atomic E-state index is 18.3. The van der Waals surface area contributed by atoms with E-state index >= 15 is 5.21 Å². The van der Waals surface area contributed by atoms with Gasteiger partial charge in [0.15, 0.2) is 0 Å². The van der Waals surface area contributed by atoms with Gasteiger partial charge in [-0.15, -0.1) is 0 Å². The van der Waals surface area contributed by atoms with Crippen molar-refractivity contribution in [3.8, 4) is 0 Å². The van der Waals surface area contributed by atoms with E-state index in [4.69, 9.17) is 14.2 Å². The molecule has 1 saturated heterocycles. The van der Waals surface area contributed by atoms with Crippen molar-refractivity contribution in [1.29, 1.82) is 0 Å². The van der Waals surface area contributed by atoms with E-state index in [1.165, 1.54) is 5.56 Å². The molecule has 2 unspecified atom stereocenters. The van der Waals surface area contributed by atoms with Crippen molar-refractivity contribution in [2.75, 3.05) is 53.2 Å². The first-order valence-corrected chi connectivity index (χ1v) is 29.8. The zero-order valence-electron chi connectivity index (χ0n) is 42.0. The molecular weight excluding hydrogens is 979 g/mol. The number of ether oxygens (including phenoxy) is 3. The van der Waals surface area contributed by atoms with Gasteiger partial charge in [0.05, 0.1) is 50.4 Å². The molecule has 4 aliphatic carbocycles. The van der Waals surface area contributed by atoms with Gasteiger partial charge in [-0.3, -0.25) is 0 Å². The molecule has 352 valence electrons. The number of hydroxylamine groups is 3. The van der Waals surface area contributed by atoms with Gasteiger partial charge in [-0.2, -0.15) is 0 Å². The van der Waals surface area contributed by atoms with Gasteiger partial charge < -0.3 is 24.1 Å². The second-order valence-electron chi connectivity index (χ2n) is 28.3. The Morgan fingerprint density at radius 2 is 0.562 bits per heavy atom. The van der Waals surface area contributed by atoms with Gasteiger partial charge in [0, 0.05) is 12.7 Å². The van der Waals surface area contributed by atoms with Crippen LogP contribution in [0.3, 0.4) is 0 Å². The SMILES string of the molecule is COCCOCCOCC[N+]1([O-])CC23c4c5c6c7c8c9c(c%10c%11c2c2c4c4c%12c5c5c6c6c8c8c%13c9c9c%10c%10c%11c%11c2c2c4c4c%12c%12c5c5c6c8c6c8c%13c9c9c%10c%10c%11c2c2c4c4c%12c5c6c5c8c9c%10c2c45)C73C1c1ccccc1. The van der Waals surface area contributed by atoms with Crippen LogP contribution in [0.1, 0.15) is 33.9 Å². The summed E-state index contributed by atoms with van der Waals surface area (Å²) in [6.45, 7) is 3.29. The Kier molecular flexibility index (Phi) is 3.37. The van der Waals surface area contributed by atoms with Crippen molar-refractivity contribution in [2.45, 2.75) is 16.9 Å². The van der Waals surface area contributed by atoms with E-state index in [1.54, 1.807) is 320 Å². The van der Waals surface area contributed by atoms with E-state index in [0.29, 0.717) is 46.1 Å². The minimum absolute atomic E-state index is 0.327. The highest BCUT2D eigenvalue weighted by atomic mass is 16.6. The van der Waals surface area contributed by atoms with Gasteiger partial charge in [-0.25, -0.2) is 0 Å². The van der Waals surface area contributed by atoms with E-state index in [-0.39, 0.29) is 4.65 Å². The van der Waals surface area contributed by atoms with Crippen LogP contribution in [-0.4, -0.2) is 57.9 Å². The third kappa shape index (κ3) is 1.98. The molecule has 5 heteroatoms. The standard InChI is InChI=1S/C75H23NO4/c1-78-9-10-80-12-11-79-8-7-76(77)13-74-69-61-53-43-33-25-17-15-16-19-23-21(17)29-37-31(23)41-35-27(19)28-20(16)24-22-18(15)26(25)34-40-30(22)38-32(24)42-36(28)46-45(35)57-51(41)59-49(37)55(47(53)39(29)33)63(69)65(59)71-67(57)68-58(46)52(42)60-50(38)56-48(40)54(44(34)43)62(61)70(74)64(56)66(60)72(68)75(71,74)73(76)14-5-3-2-4-6-14/h2-6,73H,7-13H2,1H3. The molecule has 29 aromatic carbocycles. The molecule has 1 fully saturated rings. The molecule has 5 nitrogen and oxygen atoms in total. The molecule has 34 rings (SSSR count). The van der Waals surface area contributed by atoms with Gasteiger partial charge in [0.25, 0.3) is 0 Å². The lowest BCUT2D eigenvalue weighted by Crippen LogP contribution is -2.52. The maximum absolute atomic E-state index is 18.3. The Hall–Kier alpha value is -8.52. The fourth-order valence-corrected chi connectivity index (χ4v) is 27.1. The molecule has 5 aliphatic rings. The topological polar surface area (TPSA) is 50.8 Å². The summed E-state index contributed by atoms with van der Waals surface area (Å²) in [5.74, 6) is 0. The highest BCUT2D eigenvalue weighted by molar-refractivity contribution is 6.82. The minimum atomic E-state index is -0.690. The predicted octanol–water partition coefficient (Wildman–Crippen LogP) is 18.0. The fraction of sp³-hybridized carbons (Fsp3) is 0.147. The van der Waals surface area contributed by atoms with Crippen LogP contribution in [0.5, 0.6) is 0 Å². The van der Waals surface area contributed by atoms with Gasteiger partial charge in [-0.1, -0.05) is 30.3 Å². The second-order valence-corrected chi connectivity index (χ2v) is 28.3. The molecule has 0 N–H and O–H groups in total. The summed E-state index contributed by atoms with van der Waals surface area (Å²) in [5, 5.41) is 104. The van der Waals surface area contributed by atoms with Crippen molar-refractivity contribution in [2.24, 2.45) is 0 Å². The van der Waals surface area contributed by atoms with Gasteiger partial charge in [-0.05, 0) is 313 Å². The Morgan fingerprint density at radius 3 is 0.838 bits per heavy atom. The minimum Gasteiger partial charge on any atom is -0.632 e. The number of hydrogen-bond donors (Lipinski definition) is 0. The molecule has 0 radical (unpaired) electrons. The Bertz CT molecular complexity index is 7440. The van der Waals surface area contributed by atoms with E-state index in [1.807, 2.05) is 0 Å². The van der Waals surface area contributed by atoms with Crippen molar-refractivity contribution < 1.29 is 18.9 Å². The molecule has 0 amide bonds. The summed E-state index contributed by atoms with van der Waals surface area (Å²) in [4.78, 5) is 0. The van der Waals surface area contributed by atoms with Crippen molar-refractivity contribution in [3.63, 3.8) is 0 Å². The van der Waals surface area contributed by atoms with Crippen LogP contribution in [0.2, 0.25) is 0 Å². The Morgan fingerprint density at radius 1 is 0.325 bits per heavy atom. The van der Waals surface area contributed by atoms with E-state index in [0.717, 1.165) is 0 Å². The lowest BCUT2D eigenvalue weighted by molar-refractivity contribution is -0.902. The number of nitrogens with zero attached hydrogens (tertiary/aromatic N) is 1.